The number of methoxy groups -OCH3 is 1. The van der Waals surface area contributed by atoms with Gasteiger partial charge in [-0.2, -0.15) is 9.61 Å². The summed E-state index contributed by atoms with van der Waals surface area (Å²) in [7, 11) is 1.62. The molecule has 0 saturated carbocycles. The molecule has 1 aromatic carbocycles. The first-order valence-corrected chi connectivity index (χ1v) is 7.97. The summed E-state index contributed by atoms with van der Waals surface area (Å²) in [5.74, 6) is 0.770. The van der Waals surface area contributed by atoms with Gasteiger partial charge in [0.15, 0.2) is 5.65 Å². The van der Waals surface area contributed by atoms with Crippen molar-refractivity contribution in [2.24, 2.45) is 0 Å². The summed E-state index contributed by atoms with van der Waals surface area (Å²) >= 11 is 3.41. The first-order valence-electron chi connectivity index (χ1n) is 7.18. The van der Waals surface area contributed by atoms with Gasteiger partial charge >= 0.3 is 5.69 Å². The average molecular weight is 402 g/mol. The van der Waals surface area contributed by atoms with Crippen molar-refractivity contribution in [2.75, 3.05) is 7.11 Å². The molecule has 0 amide bonds. The zero-order chi connectivity index (χ0) is 16.7. The Morgan fingerprint density at radius 2 is 1.96 bits per heavy atom. The van der Waals surface area contributed by atoms with Crippen LogP contribution in [0.4, 0.5) is 0 Å². The van der Waals surface area contributed by atoms with E-state index in [4.69, 9.17) is 4.74 Å². The third kappa shape index (κ3) is 2.89. The lowest BCUT2D eigenvalue weighted by molar-refractivity contribution is 0.414. The molecule has 25 heavy (non-hydrogen) atoms. The fourth-order valence-electron chi connectivity index (χ4n) is 2.63. The fourth-order valence-corrected chi connectivity index (χ4v) is 2.95. The number of halogens is 1. The smallest absolute Gasteiger partial charge is 0.351 e. The number of benzene rings is 1. The molecule has 0 spiro atoms. The Morgan fingerprint density at radius 3 is 2.68 bits per heavy atom. The summed E-state index contributed by atoms with van der Waals surface area (Å²) in [6, 6.07) is 9.44. The van der Waals surface area contributed by atoms with E-state index in [2.05, 4.69) is 31.0 Å². The van der Waals surface area contributed by atoms with Crippen molar-refractivity contribution in [3.05, 3.63) is 63.4 Å². The molecule has 8 heteroatoms. The van der Waals surface area contributed by atoms with Crippen molar-refractivity contribution < 1.29 is 4.74 Å². The highest BCUT2D eigenvalue weighted by Gasteiger charge is 2.14. The normalized spacial score (nSPS) is 10.8. The number of nitrogens with zero attached hydrogens (tertiary/aromatic N) is 5. The number of aromatic nitrogens is 5. The lowest BCUT2D eigenvalue weighted by Crippen LogP contribution is -2.28. The van der Waals surface area contributed by atoms with Gasteiger partial charge in [-0.25, -0.2) is 14.8 Å². The molecule has 0 aliphatic carbocycles. The van der Waals surface area contributed by atoms with E-state index >= 15 is 0 Å². The Labute approximate surface area is 152 Å². The van der Waals surface area contributed by atoms with Crippen molar-refractivity contribution in [1.82, 2.24) is 24.1 Å². The Bertz CT molecular complexity index is 1100. The Morgan fingerprint density at radius 1 is 1.20 bits per heavy atom. The largest absolute Gasteiger partial charge is 0.497 e. The zero-order valence-corrected chi connectivity index (χ0v) is 14.3. The second kappa shape index (κ2) is 6.64. The van der Waals surface area contributed by atoms with Crippen LogP contribution < -0.4 is 10.4 Å². The highest BCUT2D eigenvalue weighted by atomic mass is 79.9. The summed E-state index contributed by atoms with van der Waals surface area (Å²) in [5.41, 5.74) is 2.49. The average Bonchev–Trinajstić information content (AvgIpc) is 3.09. The van der Waals surface area contributed by atoms with Gasteiger partial charge in [0.25, 0.3) is 0 Å². The second-order valence-corrected chi connectivity index (χ2v) is 6.15. The van der Waals surface area contributed by atoms with Crippen LogP contribution in [0.2, 0.25) is 0 Å². The number of hydrogen-bond acceptors (Lipinski definition) is 5. The molecule has 3 aromatic heterocycles. The van der Waals surface area contributed by atoms with E-state index in [1.807, 2.05) is 30.3 Å². The van der Waals surface area contributed by atoms with Crippen LogP contribution >= 0.6 is 15.9 Å². The number of hydrogen-bond donors (Lipinski definition) is 0. The van der Waals surface area contributed by atoms with Gasteiger partial charge in [-0.15, -0.1) is 0 Å². The molecule has 0 N–H and O–H groups in total. The SMILES string of the molecule is C.COc1ccc(Cn2c(=O)n3ncnc3c3ncc(Br)cc32)cc1. The maximum Gasteiger partial charge on any atom is 0.351 e. The minimum absolute atomic E-state index is 0. The Hall–Kier alpha value is -2.74. The molecule has 3 heterocycles. The van der Waals surface area contributed by atoms with Crippen molar-refractivity contribution in [1.29, 1.82) is 0 Å². The van der Waals surface area contributed by atoms with Crippen LogP contribution in [0, 0.1) is 0 Å². The summed E-state index contributed by atoms with van der Waals surface area (Å²) in [6.07, 6.45) is 3.04. The molecule has 0 atom stereocenters. The van der Waals surface area contributed by atoms with Crippen LogP contribution in [-0.4, -0.2) is 31.3 Å². The molecule has 4 rings (SSSR count). The standard InChI is InChI=1S/C16H12BrN5O2.CH4/c1-24-12-4-2-10(3-5-12)8-21-13-6-11(17)7-18-14(13)15-19-9-20-22(15)16(21)23;/h2-7,9H,8H2,1H3;1H4. The topological polar surface area (TPSA) is 74.3 Å². The van der Waals surface area contributed by atoms with Gasteiger partial charge in [0.1, 0.15) is 17.6 Å². The number of ether oxygens (including phenoxy) is 1. The molecule has 0 unspecified atom stereocenters. The van der Waals surface area contributed by atoms with Gasteiger partial charge in [-0.1, -0.05) is 19.6 Å². The van der Waals surface area contributed by atoms with Gasteiger partial charge in [-0.3, -0.25) is 4.57 Å². The maximum atomic E-state index is 12.8. The van der Waals surface area contributed by atoms with Gasteiger partial charge in [-0.05, 0) is 39.7 Å². The highest BCUT2D eigenvalue weighted by molar-refractivity contribution is 9.10. The molecule has 0 saturated heterocycles. The lowest BCUT2D eigenvalue weighted by atomic mass is 10.2. The molecule has 7 nitrogen and oxygen atoms in total. The zero-order valence-electron chi connectivity index (χ0n) is 12.7. The Balaban J connectivity index is 0.00000182. The molecule has 0 aliphatic heterocycles. The van der Waals surface area contributed by atoms with Crippen LogP contribution in [-0.2, 0) is 6.54 Å². The lowest BCUT2D eigenvalue weighted by Gasteiger charge is -2.11. The third-order valence-corrected chi connectivity index (χ3v) is 4.23. The quantitative estimate of drug-likeness (QED) is 0.527. The van der Waals surface area contributed by atoms with Crippen molar-refractivity contribution in [2.45, 2.75) is 14.0 Å². The van der Waals surface area contributed by atoms with E-state index in [0.717, 1.165) is 15.8 Å². The first-order chi connectivity index (χ1) is 11.7. The molecule has 0 radical (unpaired) electrons. The minimum Gasteiger partial charge on any atom is -0.497 e. The van der Waals surface area contributed by atoms with Crippen molar-refractivity contribution >= 4 is 32.6 Å². The molecule has 0 bridgehead atoms. The highest BCUT2D eigenvalue weighted by Crippen LogP contribution is 2.20. The first kappa shape index (κ1) is 17.1. The molecule has 4 aromatic rings. The van der Waals surface area contributed by atoms with Gasteiger partial charge in [0.2, 0.25) is 0 Å². The van der Waals surface area contributed by atoms with Gasteiger partial charge < -0.3 is 4.74 Å². The van der Waals surface area contributed by atoms with E-state index in [0.29, 0.717) is 23.2 Å². The minimum atomic E-state index is -0.259. The predicted molar refractivity (Wildman–Crippen MR) is 99.1 cm³/mol. The van der Waals surface area contributed by atoms with Gasteiger partial charge in [0.05, 0.1) is 19.2 Å². The maximum absolute atomic E-state index is 12.8. The second-order valence-electron chi connectivity index (χ2n) is 5.23. The van der Waals surface area contributed by atoms with E-state index < -0.39 is 0 Å². The summed E-state index contributed by atoms with van der Waals surface area (Å²) in [6.45, 7) is 0.396. The number of rotatable bonds is 3. The number of fused-ring (bicyclic) bond motifs is 3. The Kier molecular flexibility index (Phi) is 4.54. The van der Waals surface area contributed by atoms with Gasteiger partial charge in [0, 0.05) is 10.7 Å². The van der Waals surface area contributed by atoms with E-state index in [9.17, 15) is 4.79 Å². The monoisotopic (exact) mass is 401 g/mol. The van der Waals surface area contributed by atoms with Crippen LogP contribution in [0.5, 0.6) is 5.75 Å². The molecule has 0 aliphatic rings. The van der Waals surface area contributed by atoms with Crippen LogP contribution in [0.15, 0.2) is 52.1 Å². The summed E-state index contributed by atoms with van der Waals surface area (Å²) in [4.78, 5) is 21.4. The predicted octanol–water partition coefficient (Wildman–Crippen LogP) is 2.89. The van der Waals surface area contributed by atoms with Crippen LogP contribution in [0.25, 0.3) is 16.7 Å². The summed E-state index contributed by atoms with van der Waals surface area (Å²) in [5, 5.41) is 4.02. The van der Waals surface area contributed by atoms with Crippen molar-refractivity contribution in [3.8, 4) is 5.75 Å². The van der Waals surface area contributed by atoms with Crippen LogP contribution in [0.3, 0.4) is 0 Å². The van der Waals surface area contributed by atoms with E-state index in [1.165, 1.54) is 10.8 Å². The summed E-state index contributed by atoms with van der Waals surface area (Å²) < 4.78 is 8.87. The molecule has 0 fully saturated rings. The van der Waals surface area contributed by atoms with E-state index in [1.54, 1.807) is 17.9 Å². The van der Waals surface area contributed by atoms with E-state index in [-0.39, 0.29) is 13.1 Å². The third-order valence-electron chi connectivity index (χ3n) is 3.80. The number of pyridine rings is 1. The molecule has 128 valence electrons. The fraction of sp³-hybridized carbons (Fsp3) is 0.176. The van der Waals surface area contributed by atoms with Crippen LogP contribution in [0.1, 0.15) is 13.0 Å². The molecular weight excluding hydrogens is 386 g/mol. The molecular formula is C17H16BrN5O2. The van der Waals surface area contributed by atoms with Crippen molar-refractivity contribution in [3.63, 3.8) is 0 Å².